The molecule has 2 unspecified atom stereocenters. The van der Waals surface area contributed by atoms with Crippen LogP contribution >= 0.6 is 0 Å². The molecule has 0 bridgehead atoms. The highest BCUT2D eigenvalue weighted by Gasteiger charge is 2.63. The molecule has 0 heterocycles. The first-order valence-electron chi connectivity index (χ1n) is 5.84. The Labute approximate surface area is 92.9 Å². The van der Waals surface area contributed by atoms with Gasteiger partial charge in [0.2, 0.25) is 0 Å². The topological polar surface area (TPSA) is 20.2 Å². The zero-order chi connectivity index (χ0) is 11.5. The summed E-state index contributed by atoms with van der Waals surface area (Å²) < 4.78 is 0. The first-order chi connectivity index (χ1) is 6.76. The summed E-state index contributed by atoms with van der Waals surface area (Å²) in [7, 11) is 0. The van der Waals surface area contributed by atoms with Crippen LogP contribution in [0.2, 0.25) is 0 Å². The van der Waals surface area contributed by atoms with Crippen molar-refractivity contribution in [1.82, 2.24) is 0 Å². The van der Waals surface area contributed by atoms with Gasteiger partial charge < -0.3 is 5.11 Å². The zero-order valence-electron chi connectivity index (χ0n) is 10.2. The molecule has 2 saturated carbocycles. The van der Waals surface area contributed by atoms with Crippen LogP contribution in [0.1, 0.15) is 46.5 Å². The SMILES string of the molecule is C=C1CC(=C)C2(O)C(C)(C)CCCC12C. The van der Waals surface area contributed by atoms with E-state index < -0.39 is 5.60 Å². The third kappa shape index (κ3) is 1.02. The molecule has 2 fully saturated rings. The molecule has 0 spiro atoms. The van der Waals surface area contributed by atoms with Gasteiger partial charge in [0.25, 0.3) is 0 Å². The lowest BCUT2D eigenvalue weighted by atomic mass is 9.53. The lowest BCUT2D eigenvalue weighted by Gasteiger charge is -2.54. The summed E-state index contributed by atoms with van der Waals surface area (Å²) in [6, 6.07) is 0. The van der Waals surface area contributed by atoms with Gasteiger partial charge in [0.05, 0.1) is 5.60 Å². The van der Waals surface area contributed by atoms with E-state index in [0.29, 0.717) is 0 Å². The molecule has 2 aliphatic rings. The Morgan fingerprint density at radius 2 is 1.67 bits per heavy atom. The van der Waals surface area contributed by atoms with Gasteiger partial charge >= 0.3 is 0 Å². The fourth-order valence-corrected chi connectivity index (χ4v) is 3.87. The third-order valence-electron chi connectivity index (χ3n) is 4.98. The highest BCUT2D eigenvalue weighted by molar-refractivity contribution is 5.42. The highest BCUT2D eigenvalue weighted by atomic mass is 16.3. The number of hydrogen-bond acceptors (Lipinski definition) is 1. The van der Waals surface area contributed by atoms with Crippen LogP contribution < -0.4 is 0 Å². The summed E-state index contributed by atoms with van der Waals surface area (Å²) in [5.41, 5.74) is 1.18. The van der Waals surface area contributed by atoms with Gasteiger partial charge in [0.1, 0.15) is 0 Å². The smallest absolute Gasteiger partial charge is 0.0997 e. The first kappa shape index (κ1) is 10.9. The number of hydrogen-bond donors (Lipinski definition) is 1. The predicted molar refractivity (Wildman–Crippen MR) is 63.6 cm³/mol. The molecule has 0 aliphatic heterocycles. The lowest BCUT2D eigenvalue weighted by Crippen LogP contribution is -2.57. The second-order valence-electron chi connectivity index (χ2n) is 6.16. The monoisotopic (exact) mass is 206 g/mol. The second-order valence-corrected chi connectivity index (χ2v) is 6.16. The van der Waals surface area contributed by atoms with Crippen molar-refractivity contribution in [3.8, 4) is 0 Å². The van der Waals surface area contributed by atoms with Crippen molar-refractivity contribution in [1.29, 1.82) is 0 Å². The number of fused-ring (bicyclic) bond motifs is 1. The Morgan fingerprint density at radius 3 is 2.20 bits per heavy atom. The highest BCUT2D eigenvalue weighted by Crippen LogP contribution is 2.65. The molecule has 0 aromatic heterocycles. The summed E-state index contributed by atoms with van der Waals surface area (Å²) in [5.74, 6) is 0. The van der Waals surface area contributed by atoms with E-state index in [0.717, 1.165) is 24.8 Å². The van der Waals surface area contributed by atoms with Crippen molar-refractivity contribution in [2.24, 2.45) is 10.8 Å². The van der Waals surface area contributed by atoms with E-state index in [-0.39, 0.29) is 10.8 Å². The molecular weight excluding hydrogens is 184 g/mol. The molecule has 2 rings (SSSR count). The summed E-state index contributed by atoms with van der Waals surface area (Å²) in [5, 5.41) is 11.1. The predicted octanol–water partition coefficient (Wildman–Crippen LogP) is 3.45. The first-order valence-corrected chi connectivity index (χ1v) is 5.84. The second kappa shape index (κ2) is 2.76. The van der Waals surface area contributed by atoms with E-state index in [1.807, 2.05) is 0 Å². The molecule has 0 amide bonds. The normalized spacial score (nSPS) is 44.3. The van der Waals surface area contributed by atoms with Crippen LogP contribution in [-0.4, -0.2) is 10.7 Å². The van der Waals surface area contributed by atoms with Gasteiger partial charge in [-0.25, -0.2) is 0 Å². The van der Waals surface area contributed by atoms with Gasteiger partial charge in [-0.2, -0.15) is 0 Å². The summed E-state index contributed by atoms with van der Waals surface area (Å²) >= 11 is 0. The molecule has 15 heavy (non-hydrogen) atoms. The van der Waals surface area contributed by atoms with Gasteiger partial charge in [-0.3, -0.25) is 0 Å². The van der Waals surface area contributed by atoms with E-state index in [4.69, 9.17) is 0 Å². The quantitative estimate of drug-likeness (QED) is 0.602. The molecule has 0 radical (unpaired) electrons. The average molecular weight is 206 g/mol. The molecule has 0 aromatic carbocycles. The molecule has 1 N–H and O–H groups in total. The minimum absolute atomic E-state index is 0.0729. The molecular formula is C14H22O. The number of rotatable bonds is 0. The Balaban J connectivity index is 2.60. The molecule has 2 aliphatic carbocycles. The average Bonchev–Trinajstić information content (AvgIpc) is 2.28. The lowest BCUT2D eigenvalue weighted by molar-refractivity contribution is -0.128. The maximum absolute atomic E-state index is 11.1. The van der Waals surface area contributed by atoms with Crippen molar-refractivity contribution >= 4 is 0 Å². The van der Waals surface area contributed by atoms with Gasteiger partial charge in [0, 0.05) is 5.41 Å². The van der Waals surface area contributed by atoms with E-state index in [9.17, 15) is 5.11 Å². The summed E-state index contributed by atoms with van der Waals surface area (Å²) in [4.78, 5) is 0. The summed E-state index contributed by atoms with van der Waals surface area (Å²) in [6.45, 7) is 14.7. The van der Waals surface area contributed by atoms with E-state index in [1.54, 1.807) is 0 Å². The fourth-order valence-electron chi connectivity index (χ4n) is 3.87. The molecule has 0 saturated heterocycles. The minimum Gasteiger partial charge on any atom is -0.384 e. The molecule has 1 heteroatoms. The van der Waals surface area contributed by atoms with Crippen molar-refractivity contribution in [2.75, 3.05) is 0 Å². The van der Waals surface area contributed by atoms with Crippen molar-refractivity contribution < 1.29 is 5.11 Å². The molecule has 1 nitrogen and oxygen atoms in total. The van der Waals surface area contributed by atoms with Crippen LogP contribution in [0.15, 0.2) is 24.3 Å². The third-order valence-corrected chi connectivity index (χ3v) is 4.98. The molecule has 0 aromatic rings. The van der Waals surface area contributed by atoms with Crippen LogP contribution in [0, 0.1) is 10.8 Å². The fraction of sp³-hybridized carbons (Fsp3) is 0.714. The van der Waals surface area contributed by atoms with Crippen molar-refractivity contribution in [2.45, 2.75) is 52.1 Å². The van der Waals surface area contributed by atoms with Crippen LogP contribution in [0.3, 0.4) is 0 Å². The Morgan fingerprint density at radius 1 is 1.07 bits per heavy atom. The Bertz CT molecular complexity index is 339. The Hall–Kier alpha value is -0.560. The van der Waals surface area contributed by atoms with Gasteiger partial charge in [-0.15, -0.1) is 0 Å². The van der Waals surface area contributed by atoms with Gasteiger partial charge in [-0.05, 0) is 30.3 Å². The van der Waals surface area contributed by atoms with Gasteiger partial charge in [0.15, 0.2) is 0 Å². The van der Waals surface area contributed by atoms with Crippen LogP contribution in [0.5, 0.6) is 0 Å². The maximum atomic E-state index is 11.1. The van der Waals surface area contributed by atoms with Crippen molar-refractivity contribution in [3.05, 3.63) is 24.3 Å². The van der Waals surface area contributed by atoms with Crippen LogP contribution in [-0.2, 0) is 0 Å². The van der Waals surface area contributed by atoms with E-state index in [1.165, 1.54) is 12.0 Å². The minimum atomic E-state index is -0.741. The van der Waals surface area contributed by atoms with Crippen molar-refractivity contribution in [3.63, 3.8) is 0 Å². The Kier molecular flexibility index (Phi) is 2.01. The number of aliphatic hydroxyl groups is 1. The summed E-state index contributed by atoms with van der Waals surface area (Å²) in [6.07, 6.45) is 4.10. The standard InChI is InChI=1S/C14H22O/c1-10-9-11(2)14(15)12(3,4)7-6-8-13(10,14)5/h15H,1-2,6-9H2,3-5H3. The van der Waals surface area contributed by atoms with E-state index in [2.05, 4.69) is 33.9 Å². The van der Waals surface area contributed by atoms with E-state index >= 15 is 0 Å². The maximum Gasteiger partial charge on any atom is 0.0997 e. The van der Waals surface area contributed by atoms with Crippen LogP contribution in [0.4, 0.5) is 0 Å². The van der Waals surface area contributed by atoms with Crippen LogP contribution in [0.25, 0.3) is 0 Å². The van der Waals surface area contributed by atoms with Gasteiger partial charge in [-0.1, -0.05) is 45.9 Å². The molecule has 84 valence electrons. The largest absolute Gasteiger partial charge is 0.384 e. The molecule has 2 atom stereocenters. The zero-order valence-corrected chi connectivity index (χ0v) is 10.2.